The Bertz CT molecular complexity index is 284. The normalized spacial score (nSPS) is 18.3. The van der Waals surface area contributed by atoms with E-state index in [0.717, 1.165) is 32.6 Å². The number of rotatable bonds is 6. The van der Waals surface area contributed by atoms with E-state index in [1.165, 1.54) is 0 Å². The molecule has 0 radical (unpaired) electrons. The Morgan fingerprint density at radius 1 is 1.22 bits per heavy atom. The number of nitrogens with one attached hydrogen (secondary N) is 1. The Labute approximate surface area is 108 Å². The molecule has 0 unspecified atom stereocenters. The van der Waals surface area contributed by atoms with Crippen LogP contribution >= 0.6 is 0 Å². The van der Waals surface area contributed by atoms with Crippen LogP contribution in [0, 0.1) is 0 Å². The zero-order valence-corrected chi connectivity index (χ0v) is 11.0. The van der Waals surface area contributed by atoms with E-state index in [2.05, 4.69) is 22.2 Å². The smallest absolute Gasteiger partial charge is 0.303 e. The van der Waals surface area contributed by atoms with E-state index < -0.39 is 5.97 Å². The quantitative estimate of drug-likeness (QED) is 0.634. The van der Waals surface area contributed by atoms with Crippen molar-refractivity contribution in [3.8, 4) is 0 Å². The molecule has 0 aromatic heterocycles. The van der Waals surface area contributed by atoms with Crippen LogP contribution in [0.3, 0.4) is 0 Å². The summed E-state index contributed by atoms with van der Waals surface area (Å²) < 4.78 is 0. The van der Waals surface area contributed by atoms with Crippen molar-refractivity contribution in [1.82, 2.24) is 15.1 Å². The Morgan fingerprint density at radius 2 is 2.00 bits per heavy atom. The van der Waals surface area contributed by atoms with Gasteiger partial charge in [0.05, 0.1) is 6.54 Å². The molecule has 1 aliphatic heterocycles. The van der Waals surface area contributed by atoms with Crippen LogP contribution in [0.1, 0.15) is 19.3 Å². The molecule has 0 aromatic rings. The third-order valence-electron chi connectivity index (χ3n) is 3.07. The maximum atomic E-state index is 11.6. The summed E-state index contributed by atoms with van der Waals surface area (Å²) in [6.45, 7) is 4.80. The minimum Gasteiger partial charge on any atom is -0.481 e. The van der Waals surface area contributed by atoms with E-state index in [0.29, 0.717) is 19.5 Å². The zero-order chi connectivity index (χ0) is 13.4. The molecule has 1 heterocycles. The third kappa shape index (κ3) is 6.56. The van der Waals surface area contributed by atoms with Gasteiger partial charge in [0, 0.05) is 26.1 Å². The first-order valence-electron chi connectivity index (χ1n) is 6.47. The first kappa shape index (κ1) is 14.9. The summed E-state index contributed by atoms with van der Waals surface area (Å²) in [5.74, 6) is -0.829. The predicted octanol–water partition coefficient (Wildman–Crippen LogP) is -0.395. The van der Waals surface area contributed by atoms with Gasteiger partial charge in [0.1, 0.15) is 0 Å². The van der Waals surface area contributed by atoms with Gasteiger partial charge in [-0.3, -0.25) is 14.5 Å². The van der Waals surface area contributed by atoms with E-state index in [1.54, 1.807) is 0 Å². The molecule has 1 saturated heterocycles. The SMILES string of the molecule is CN1CCCN(CC(=O)NCCCC(=O)O)CC1. The van der Waals surface area contributed by atoms with Crippen molar-refractivity contribution in [2.45, 2.75) is 19.3 Å². The van der Waals surface area contributed by atoms with Gasteiger partial charge >= 0.3 is 5.97 Å². The highest BCUT2D eigenvalue weighted by Gasteiger charge is 2.14. The van der Waals surface area contributed by atoms with E-state index in [4.69, 9.17) is 5.11 Å². The number of hydrogen-bond acceptors (Lipinski definition) is 4. The van der Waals surface area contributed by atoms with Crippen molar-refractivity contribution in [2.24, 2.45) is 0 Å². The lowest BCUT2D eigenvalue weighted by Gasteiger charge is -2.19. The first-order valence-corrected chi connectivity index (χ1v) is 6.47. The van der Waals surface area contributed by atoms with Gasteiger partial charge in [-0.05, 0) is 33.0 Å². The summed E-state index contributed by atoms with van der Waals surface area (Å²) in [4.78, 5) is 26.4. The van der Waals surface area contributed by atoms with Gasteiger partial charge in [-0.1, -0.05) is 0 Å². The van der Waals surface area contributed by atoms with Gasteiger partial charge in [-0.15, -0.1) is 0 Å². The lowest BCUT2D eigenvalue weighted by molar-refractivity contribution is -0.137. The maximum absolute atomic E-state index is 11.6. The topological polar surface area (TPSA) is 72.9 Å². The minimum atomic E-state index is -0.820. The summed E-state index contributed by atoms with van der Waals surface area (Å²) in [5.41, 5.74) is 0. The second-order valence-electron chi connectivity index (χ2n) is 4.78. The van der Waals surface area contributed by atoms with Crippen molar-refractivity contribution in [2.75, 3.05) is 46.3 Å². The fourth-order valence-electron chi connectivity index (χ4n) is 1.98. The first-order chi connectivity index (χ1) is 8.58. The van der Waals surface area contributed by atoms with Crippen LogP contribution in [-0.4, -0.2) is 73.1 Å². The molecule has 0 aliphatic carbocycles. The van der Waals surface area contributed by atoms with Crippen molar-refractivity contribution in [1.29, 1.82) is 0 Å². The molecular weight excluding hydrogens is 234 g/mol. The summed E-state index contributed by atoms with van der Waals surface area (Å²) >= 11 is 0. The second kappa shape index (κ2) is 8.05. The monoisotopic (exact) mass is 257 g/mol. The molecule has 0 atom stereocenters. The molecule has 1 rings (SSSR count). The number of hydrogen-bond donors (Lipinski definition) is 2. The number of carbonyl (C=O) groups is 2. The lowest BCUT2D eigenvalue weighted by Crippen LogP contribution is -2.39. The molecule has 0 saturated carbocycles. The average molecular weight is 257 g/mol. The summed E-state index contributed by atoms with van der Waals surface area (Å²) in [6.07, 6.45) is 1.68. The third-order valence-corrected chi connectivity index (χ3v) is 3.07. The molecule has 104 valence electrons. The van der Waals surface area contributed by atoms with Crippen LogP contribution in [0.5, 0.6) is 0 Å². The standard InChI is InChI=1S/C12H23N3O3/c1-14-6-3-7-15(9-8-14)10-11(16)13-5-2-4-12(17)18/h2-10H2,1H3,(H,13,16)(H,17,18). The number of carbonyl (C=O) groups excluding carboxylic acids is 1. The molecule has 18 heavy (non-hydrogen) atoms. The number of nitrogens with zero attached hydrogens (tertiary/aromatic N) is 2. The highest BCUT2D eigenvalue weighted by molar-refractivity contribution is 5.78. The van der Waals surface area contributed by atoms with Crippen molar-refractivity contribution in [3.63, 3.8) is 0 Å². The minimum absolute atomic E-state index is 0.00931. The summed E-state index contributed by atoms with van der Waals surface area (Å²) in [6, 6.07) is 0. The van der Waals surface area contributed by atoms with Crippen LogP contribution in [-0.2, 0) is 9.59 Å². The Hall–Kier alpha value is -1.14. The molecule has 1 aliphatic rings. The number of carboxylic acid groups (broad SMARTS) is 1. The summed E-state index contributed by atoms with van der Waals surface area (Å²) in [7, 11) is 2.09. The molecule has 2 N–H and O–H groups in total. The number of carboxylic acids is 1. The van der Waals surface area contributed by atoms with Crippen LogP contribution in [0.2, 0.25) is 0 Å². The molecule has 1 amide bonds. The Morgan fingerprint density at radius 3 is 2.72 bits per heavy atom. The van der Waals surface area contributed by atoms with Gasteiger partial charge in [0.15, 0.2) is 0 Å². The largest absolute Gasteiger partial charge is 0.481 e. The molecule has 1 fully saturated rings. The van der Waals surface area contributed by atoms with Crippen molar-refractivity contribution < 1.29 is 14.7 Å². The molecule has 0 aromatic carbocycles. The Balaban J connectivity index is 2.13. The maximum Gasteiger partial charge on any atom is 0.303 e. The van der Waals surface area contributed by atoms with E-state index in [9.17, 15) is 9.59 Å². The highest BCUT2D eigenvalue weighted by Crippen LogP contribution is 2.00. The highest BCUT2D eigenvalue weighted by atomic mass is 16.4. The van der Waals surface area contributed by atoms with Crippen LogP contribution in [0.4, 0.5) is 0 Å². The summed E-state index contributed by atoms with van der Waals surface area (Å²) in [5, 5.41) is 11.2. The number of likely N-dealkylation sites (N-methyl/N-ethyl adjacent to an activating group) is 1. The predicted molar refractivity (Wildman–Crippen MR) is 68.4 cm³/mol. The van der Waals surface area contributed by atoms with Gasteiger partial charge in [0.2, 0.25) is 5.91 Å². The molecule has 0 bridgehead atoms. The second-order valence-corrected chi connectivity index (χ2v) is 4.78. The molecule has 0 spiro atoms. The van der Waals surface area contributed by atoms with Gasteiger partial charge < -0.3 is 15.3 Å². The number of aliphatic carboxylic acids is 1. The van der Waals surface area contributed by atoms with E-state index in [-0.39, 0.29) is 12.3 Å². The van der Waals surface area contributed by atoms with Gasteiger partial charge in [0.25, 0.3) is 0 Å². The van der Waals surface area contributed by atoms with Crippen LogP contribution < -0.4 is 5.32 Å². The molecule has 6 heteroatoms. The van der Waals surface area contributed by atoms with E-state index >= 15 is 0 Å². The number of amides is 1. The van der Waals surface area contributed by atoms with Crippen molar-refractivity contribution in [3.05, 3.63) is 0 Å². The Kier molecular flexibility index (Phi) is 6.67. The fraction of sp³-hybridized carbons (Fsp3) is 0.833. The van der Waals surface area contributed by atoms with Gasteiger partial charge in [-0.25, -0.2) is 0 Å². The lowest BCUT2D eigenvalue weighted by atomic mass is 10.3. The van der Waals surface area contributed by atoms with Crippen LogP contribution in [0.15, 0.2) is 0 Å². The zero-order valence-electron chi connectivity index (χ0n) is 11.0. The molecule has 6 nitrogen and oxygen atoms in total. The average Bonchev–Trinajstić information content (AvgIpc) is 2.50. The van der Waals surface area contributed by atoms with Crippen molar-refractivity contribution >= 4 is 11.9 Å². The fourth-order valence-corrected chi connectivity index (χ4v) is 1.98. The van der Waals surface area contributed by atoms with E-state index in [1.807, 2.05) is 0 Å². The van der Waals surface area contributed by atoms with Crippen LogP contribution in [0.25, 0.3) is 0 Å². The van der Waals surface area contributed by atoms with Gasteiger partial charge in [-0.2, -0.15) is 0 Å². The molecular formula is C12H23N3O3.